The third-order valence-electron chi connectivity index (χ3n) is 4.74. The molecule has 1 aromatic heterocycles. The van der Waals surface area contributed by atoms with Crippen LogP contribution in [-0.2, 0) is 29.0 Å². The number of hydrogen-bond donors (Lipinski definition) is 2. The molecule has 1 aliphatic rings. The van der Waals surface area contributed by atoms with Crippen LogP contribution < -0.4 is 11.1 Å². The molecule has 1 aromatic carbocycles. The van der Waals surface area contributed by atoms with Crippen LogP contribution in [0, 0.1) is 0 Å². The normalized spacial score (nSPS) is 16.0. The molecule has 8 heteroatoms. The van der Waals surface area contributed by atoms with E-state index in [-0.39, 0.29) is 30.0 Å². The quantitative estimate of drug-likeness (QED) is 0.675. The van der Waals surface area contributed by atoms with Crippen LogP contribution in [0.3, 0.4) is 0 Å². The Morgan fingerprint density at radius 3 is 2.93 bits per heavy atom. The van der Waals surface area contributed by atoms with Gasteiger partial charge >= 0.3 is 0 Å². The highest BCUT2D eigenvalue weighted by molar-refractivity contribution is 7.99. The lowest BCUT2D eigenvalue weighted by Crippen LogP contribution is -2.32. The Balaban J connectivity index is 1.58. The number of amides is 2. The van der Waals surface area contributed by atoms with Crippen molar-refractivity contribution in [1.82, 2.24) is 20.1 Å². The number of carbonyl (C=O) groups is 2. The fraction of sp³-hybridized carbons (Fsp3) is 0.474. The zero-order valence-electron chi connectivity index (χ0n) is 15.5. The monoisotopic (exact) mass is 387 g/mol. The number of carbonyl (C=O) groups excluding carboxylic acids is 2. The number of nitrogens with one attached hydrogen (secondary N) is 1. The van der Waals surface area contributed by atoms with Crippen molar-refractivity contribution in [2.45, 2.75) is 56.8 Å². The van der Waals surface area contributed by atoms with E-state index in [9.17, 15) is 9.59 Å². The Bertz CT molecular complexity index is 820. The van der Waals surface area contributed by atoms with E-state index in [1.807, 2.05) is 23.6 Å². The first kappa shape index (κ1) is 19.4. The number of fused-ring (bicyclic) bond motifs is 1. The van der Waals surface area contributed by atoms with Crippen LogP contribution in [0.4, 0.5) is 0 Å². The van der Waals surface area contributed by atoms with Gasteiger partial charge in [0.05, 0.1) is 11.8 Å². The minimum Gasteiger partial charge on any atom is -0.370 e. The molecule has 0 unspecified atom stereocenters. The van der Waals surface area contributed by atoms with Crippen molar-refractivity contribution in [2.24, 2.45) is 5.73 Å². The van der Waals surface area contributed by atoms with Crippen LogP contribution >= 0.6 is 11.8 Å². The lowest BCUT2D eigenvalue weighted by atomic mass is 9.88. The van der Waals surface area contributed by atoms with Crippen molar-refractivity contribution in [3.63, 3.8) is 0 Å². The summed E-state index contributed by atoms with van der Waals surface area (Å²) in [5, 5.41) is 12.1. The van der Waals surface area contributed by atoms with Crippen molar-refractivity contribution in [1.29, 1.82) is 0 Å². The van der Waals surface area contributed by atoms with E-state index in [1.54, 1.807) is 0 Å². The van der Waals surface area contributed by atoms with Crippen molar-refractivity contribution in [3.05, 3.63) is 41.2 Å². The number of primary amides is 1. The van der Waals surface area contributed by atoms with Crippen LogP contribution in [0.5, 0.6) is 0 Å². The summed E-state index contributed by atoms with van der Waals surface area (Å²) in [6, 6.07) is 8.39. The van der Waals surface area contributed by atoms with Crippen molar-refractivity contribution in [2.75, 3.05) is 5.75 Å². The number of nitrogens with zero attached hydrogens (tertiary/aromatic N) is 3. The highest BCUT2D eigenvalue weighted by atomic mass is 32.2. The fourth-order valence-corrected chi connectivity index (χ4v) is 4.27. The topological polar surface area (TPSA) is 103 Å². The average Bonchev–Trinajstić information content (AvgIpc) is 3.07. The molecule has 2 amide bonds. The lowest BCUT2D eigenvalue weighted by molar-refractivity contribution is -0.119. The molecule has 2 aromatic rings. The predicted octanol–water partition coefficient (Wildman–Crippen LogP) is 2.00. The van der Waals surface area contributed by atoms with Gasteiger partial charge in [-0.3, -0.25) is 9.59 Å². The van der Waals surface area contributed by atoms with Crippen LogP contribution in [0.15, 0.2) is 29.4 Å². The number of rotatable bonds is 8. The average molecular weight is 388 g/mol. The fourth-order valence-electron chi connectivity index (χ4n) is 3.43. The zero-order chi connectivity index (χ0) is 19.2. The molecule has 1 heterocycles. The number of nitrogens with two attached hydrogens (primary N) is 1. The van der Waals surface area contributed by atoms with Gasteiger partial charge in [-0.1, -0.05) is 36.0 Å². The molecular formula is C19H25N5O2S. The molecule has 27 heavy (non-hydrogen) atoms. The Labute approximate surface area is 163 Å². The van der Waals surface area contributed by atoms with E-state index in [2.05, 4.69) is 27.6 Å². The summed E-state index contributed by atoms with van der Waals surface area (Å²) in [5.41, 5.74) is 7.76. The Morgan fingerprint density at radius 1 is 1.33 bits per heavy atom. The molecule has 0 aliphatic heterocycles. The second-order valence-electron chi connectivity index (χ2n) is 6.61. The molecule has 3 rings (SSSR count). The maximum Gasteiger partial charge on any atom is 0.230 e. The van der Waals surface area contributed by atoms with Gasteiger partial charge in [0.25, 0.3) is 0 Å². The summed E-state index contributed by atoms with van der Waals surface area (Å²) in [6.07, 6.45) is 3.83. The number of aryl methyl sites for hydroxylation is 2. The van der Waals surface area contributed by atoms with Gasteiger partial charge in [-0.2, -0.15) is 0 Å². The maximum absolute atomic E-state index is 12.5. The number of benzene rings is 1. The smallest absolute Gasteiger partial charge is 0.230 e. The molecule has 3 N–H and O–H groups in total. The molecule has 1 aliphatic carbocycles. The van der Waals surface area contributed by atoms with Crippen molar-refractivity contribution < 1.29 is 9.59 Å². The molecule has 0 radical (unpaired) electrons. The Hall–Kier alpha value is -2.35. The SMILES string of the molecule is CCn1c(CCC(N)=O)nnc1SCC(=O)N[C@H]1CCCc2ccccc21. The third-order valence-corrected chi connectivity index (χ3v) is 5.71. The molecule has 0 spiro atoms. The second kappa shape index (κ2) is 9.03. The van der Waals surface area contributed by atoms with E-state index < -0.39 is 0 Å². The van der Waals surface area contributed by atoms with Crippen molar-refractivity contribution >= 4 is 23.6 Å². The van der Waals surface area contributed by atoms with Gasteiger partial charge in [0.1, 0.15) is 5.82 Å². The van der Waals surface area contributed by atoms with Crippen LogP contribution in [0.2, 0.25) is 0 Å². The van der Waals surface area contributed by atoms with Gasteiger partial charge in [0, 0.05) is 19.4 Å². The second-order valence-corrected chi connectivity index (χ2v) is 7.55. The largest absolute Gasteiger partial charge is 0.370 e. The van der Waals surface area contributed by atoms with Crippen LogP contribution in [0.25, 0.3) is 0 Å². The van der Waals surface area contributed by atoms with Crippen LogP contribution in [0.1, 0.15) is 49.2 Å². The summed E-state index contributed by atoms with van der Waals surface area (Å²) in [6.45, 7) is 2.67. The standard InChI is InChI=1S/C19H25N5O2S/c1-2-24-17(11-10-16(20)25)22-23-19(24)27-12-18(26)21-15-9-5-7-13-6-3-4-8-14(13)15/h3-4,6,8,15H,2,5,7,9-12H2,1H3,(H2,20,25)(H,21,26)/t15-/m0/s1. The Kier molecular flexibility index (Phi) is 6.49. The summed E-state index contributed by atoms with van der Waals surface area (Å²) < 4.78 is 1.93. The highest BCUT2D eigenvalue weighted by Gasteiger charge is 2.22. The predicted molar refractivity (Wildman–Crippen MR) is 104 cm³/mol. The molecule has 0 bridgehead atoms. The summed E-state index contributed by atoms with van der Waals surface area (Å²) in [7, 11) is 0. The summed E-state index contributed by atoms with van der Waals surface area (Å²) >= 11 is 1.37. The highest BCUT2D eigenvalue weighted by Crippen LogP contribution is 2.29. The van der Waals surface area contributed by atoms with Gasteiger partial charge in [-0.05, 0) is 37.3 Å². The number of aromatic nitrogens is 3. The van der Waals surface area contributed by atoms with E-state index >= 15 is 0 Å². The van der Waals surface area contributed by atoms with Gasteiger partial charge in [0.15, 0.2) is 5.16 Å². The van der Waals surface area contributed by atoms with Gasteiger partial charge in [-0.25, -0.2) is 0 Å². The molecule has 0 fully saturated rings. The number of hydrogen-bond acceptors (Lipinski definition) is 5. The lowest BCUT2D eigenvalue weighted by Gasteiger charge is -2.26. The third kappa shape index (κ3) is 4.88. The maximum atomic E-state index is 12.5. The molecule has 0 saturated carbocycles. The van der Waals surface area contributed by atoms with Crippen LogP contribution in [-0.4, -0.2) is 32.3 Å². The van der Waals surface area contributed by atoms with Gasteiger partial charge in [-0.15, -0.1) is 10.2 Å². The molecular weight excluding hydrogens is 362 g/mol. The number of thioether (sulfide) groups is 1. The minimum absolute atomic E-state index is 0.00829. The van der Waals surface area contributed by atoms with Crippen molar-refractivity contribution in [3.8, 4) is 0 Å². The minimum atomic E-state index is -0.359. The van der Waals surface area contributed by atoms with E-state index in [0.29, 0.717) is 18.1 Å². The molecule has 1 atom stereocenters. The first-order chi connectivity index (χ1) is 13.1. The summed E-state index contributed by atoms with van der Waals surface area (Å²) in [4.78, 5) is 23.4. The van der Waals surface area contributed by atoms with E-state index in [4.69, 9.17) is 5.73 Å². The van der Waals surface area contributed by atoms with E-state index in [1.165, 1.54) is 22.9 Å². The van der Waals surface area contributed by atoms with E-state index in [0.717, 1.165) is 25.1 Å². The van der Waals surface area contributed by atoms with Gasteiger partial charge < -0.3 is 15.6 Å². The zero-order valence-corrected chi connectivity index (χ0v) is 16.3. The first-order valence-corrected chi connectivity index (χ1v) is 10.3. The molecule has 144 valence electrons. The molecule has 0 saturated heterocycles. The van der Waals surface area contributed by atoms with Gasteiger partial charge in [0.2, 0.25) is 11.8 Å². The first-order valence-electron chi connectivity index (χ1n) is 9.28. The Morgan fingerprint density at radius 2 is 2.15 bits per heavy atom. The molecule has 7 nitrogen and oxygen atoms in total. The summed E-state index contributed by atoms with van der Waals surface area (Å²) in [5.74, 6) is 0.639.